The lowest BCUT2D eigenvalue weighted by atomic mass is 10.1. The molecule has 0 radical (unpaired) electrons. The minimum Gasteiger partial charge on any atom is -0.316 e. The molecule has 0 aliphatic heterocycles. The molecule has 120 valence electrons. The van der Waals surface area contributed by atoms with Crippen LogP contribution in [0.4, 0.5) is 13.2 Å². The fourth-order valence-corrected chi connectivity index (χ4v) is 3.40. The third kappa shape index (κ3) is 6.03. The fraction of sp³-hybridized carbons (Fsp3) is 0.538. The van der Waals surface area contributed by atoms with E-state index in [1.807, 2.05) is 0 Å². The van der Waals surface area contributed by atoms with Crippen LogP contribution in [0.1, 0.15) is 18.1 Å². The van der Waals surface area contributed by atoms with Crippen LogP contribution >= 0.6 is 0 Å². The Labute approximate surface area is 123 Å². The van der Waals surface area contributed by atoms with Crippen LogP contribution in [0.15, 0.2) is 24.3 Å². The number of sulfonamides is 1. The molecule has 1 N–H and O–H groups in total. The van der Waals surface area contributed by atoms with Gasteiger partial charge in [0.1, 0.15) is 6.54 Å². The minimum atomic E-state index is -4.54. The third-order valence-corrected chi connectivity index (χ3v) is 4.73. The van der Waals surface area contributed by atoms with Crippen molar-refractivity contribution in [2.45, 2.75) is 25.4 Å². The van der Waals surface area contributed by atoms with Gasteiger partial charge in [-0.05, 0) is 18.2 Å². The van der Waals surface area contributed by atoms with E-state index in [1.54, 1.807) is 31.3 Å². The Kier molecular flexibility index (Phi) is 6.18. The van der Waals surface area contributed by atoms with Crippen molar-refractivity contribution in [1.82, 2.24) is 9.62 Å². The van der Waals surface area contributed by atoms with E-state index in [0.717, 1.165) is 5.56 Å². The zero-order valence-electron chi connectivity index (χ0n) is 11.9. The SMILES string of the molecule is CCN(CC(F)(F)F)S(=O)(=O)Cc1ccc(CNC)cc1. The summed E-state index contributed by atoms with van der Waals surface area (Å²) in [5, 5.41) is 2.95. The second-order valence-electron chi connectivity index (χ2n) is 4.64. The van der Waals surface area contributed by atoms with Gasteiger partial charge in [-0.15, -0.1) is 0 Å². The molecule has 0 atom stereocenters. The summed E-state index contributed by atoms with van der Waals surface area (Å²) in [5.74, 6) is -0.434. The van der Waals surface area contributed by atoms with Gasteiger partial charge in [0, 0.05) is 13.1 Å². The number of nitrogens with one attached hydrogen (secondary N) is 1. The van der Waals surface area contributed by atoms with E-state index in [4.69, 9.17) is 0 Å². The Balaban J connectivity index is 2.83. The standard InChI is InChI=1S/C13H19F3N2O2S/c1-3-18(10-13(14,15)16)21(19,20)9-12-6-4-11(5-7-12)8-17-2/h4-7,17H,3,8-10H2,1-2H3. The topological polar surface area (TPSA) is 49.4 Å². The maximum atomic E-state index is 12.4. The highest BCUT2D eigenvalue weighted by Gasteiger charge is 2.35. The molecule has 0 saturated carbocycles. The van der Waals surface area contributed by atoms with Crippen molar-refractivity contribution in [2.24, 2.45) is 0 Å². The van der Waals surface area contributed by atoms with Crippen molar-refractivity contribution in [3.63, 3.8) is 0 Å². The summed E-state index contributed by atoms with van der Waals surface area (Å²) in [6.45, 7) is 0.366. The Hall–Kier alpha value is -1.12. The molecule has 0 saturated heterocycles. The number of halogens is 3. The highest BCUT2D eigenvalue weighted by atomic mass is 32.2. The molecule has 1 rings (SSSR count). The Morgan fingerprint density at radius 2 is 1.67 bits per heavy atom. The lowest BCUT2D eigenvalue weighted by molar-refractivity contribution is -0.135. The van der Waals surface area contributed by atoms with Crippen LogP contribution in [0, 0.1) is 0 Å². The van der Waals surface area contributed by atoms with Crippen molar-refractivity contribution < 1.29 is 21.6 Å². The number of alkyl halides is 3. The third-order valence-electron chi connectivity index (χ3n) is 2.85. The number of benzene rings is 1. The number of hydrogen-bond acceptors (Lipinski definition) is 3. The molecule has 0 amide bonds. The van der Waals surface area contributed by atoms with Gasteiger partial charge >= 0.3 is 6.18 Å². The van der Waals surface area contributed by atoms with Crippen LogP contribution < -0.4 is 5.32 Å². The predicted octanol–water partition coefficient (Wildman–Crippen LogP) is 2.12. The van der Waals surface area contributed by atoms with Crippen LogP contribution in [0.2, 0.25) is 0 Å². The molecule has 0 unspecified atom stereocenters. The number of rotatable bonds is 7. The lowest BCUT2D eigenvalue weighted by Crippen LogP contribution is -2.39. The molecule has 0 aliphatic carbocycles. The maximum absolute atomic E-state index is 12.4. The molecule has 0 fully saturated rings. The van der Waals surface area contributed by atoms with Crippen LogP contribution in [0.3, 0.4) is 0 Å². The molecule has 4 nitrogen and oxygen atoms in total. The van der Waals surface area contributed by atoms with E-state index in [9.17, 15) is 21.6 Å². The van der Waals surface area contributed by atoms with E-state index < -0.39 is 28.5 Å². The van der Waals surface area contributed by atoms with Gasteiger partial charge in [-0.2, -0.15) is 17.5 Å². The molecule has 0 bridgehead atoms. The van der Waals surface area contributed by atoms with Crippen LogP contribution in [0.5, 0.6) is 0 Å². The van der Waals surface area contributed by atoms with Gasteiger partial charge in [0.25, 0.3) is 0 Å². The van der Waals surface area contributed by atoms with Gasteiger partial charge < -0.3 is 5.32 Å². The molecular formula is C13H19F3N2O2S. The minimum absolute atomic E-state index is 0.209. The predicted molar refractivity (Wildman–Crippen MR) is 75.1 cm³/mol. The second kappa shape index (κ2) is 7.24. The first-order chi connectivity index (χ1) is 9.68. The zero-order chi connectivity index (χ0) is 16.1. The Morgan fingerprint density at radius 1 is 1.14 bits per heavy atom. The summed E-state index contributed by atoms with van der Waals surface area (Å²) in [7, 11) is -2.20. The quantitative estimate of drug-likeness (QED) is 0.836. The van der Waals surface area contributed by atoms with E-state index >= 15 is 0 Å². The Bertz CT molecular complexity index is 542. The summed E-state index contributed by atoms with van der Waals surface area (Å²) < 4.78 is 61.7. The highest BCUT2D eigenvalue weighted by Crippen LogP contribution is 2.20. The van der Waals surface area contributed by atoms with Crippen LogP contribution in [0.25, 0.3) is 0 Å². The summed E-state index contributed by atoms with van der Waals surface area (Å²) in [5.41, 5.74) is 1.44. The van der Waals surface area contributed by atoms with Gasteiger partial charge in [-0.3, -0.25) is 0 Å². The molecular weight excluding hydrogens is 305 g/mol. The average molecular weight is 324 g/mol. The fourth-order valence-electron chi connectivity index (χ4n) is 1.87. The summed E-state index contributed by atoms with van der Waals surface area (Å²) >= 11 is 0. The maximum Gasteiger partial charge on any atom is 0.402 e. The molecule has 21 heavy (non-hydrogen) atoms. The first-order valence-electron chi connectivity index (χ1n) is 6.45. The van der Waals surface area contributed by atoms with E-state index in [2.05, 4.69) is 5.32 Å². The summed E-state index contributed by atoms with van der Waals surface area (Å²) in [6.07, 6.45) is -4.54. The van der Waals surface area contributed by atoms with Gasteiger partial charge in [0.15, 0.2) is 0 Å². The highest BCUT2D eigenvalue weighted by molar-refractivity contribution is 7.88. The van der Waals surface area contributed by atoms with E-state index in [1.165, 1.54) is 6.92 Å². The van der Waals surface area contributed by atoms with Gasteiger partial charge in [0.05, 0.1) is 5.75 Å². The monoisotopic (exact) mass is 324 g/mol. The normalized spacial score (nSPS) is 12.9. The first-order valence-corrected chi connectivity index (χ1v) is 8.06. The van der Waals surface area contributed by atoms with Crippen molar-refractivity contribution in [1.29, 1.82) is 0 Å². The van der Waals surface area contributed by atoms with Crippen molar-refractivity contribution in [3.8, 4) is 0 Å². The molecule has 0 aliphatic rings. The average Bonchev–Trinajstić information content (AvgIpc) is 2.37. The second-order valence-corrected chi connectivity index (χ2v) is 6.61. The van der Waals surface area contributed by atoms with Gasteiger partial charge in [-0.1, -0.05) is 31.2 Å². The van der Waals surface area contributed by atoms with Gasteiger partial charge in [-0.25, -0.2) is 8.42 Å². The molecule has 1 aromatic carbocycles. The van der Waals surface area contributed by atoms with Crippen molar-refractivity contribution in [3.05, 3.63) is 35.4 Å². The van der Waals surface area contributed by atoms with E-state index in [0.29, 0.717) is 16.4 Å². The molecule has 0 spiro atoms. The van der Waals surface area contributed by atoms with E-state index in [-0.39, 0.29) is 6.54 Å². The number of hydrogen-bond donors (Lipinski definition) is 1. The first kappa shape index (κ1) is 17.9. The van der Waals surface area contributed by atoms with Crippen molar-refractivity contribution >= 4 is 10.0 Å². The zero-order valence-corrected chi connectivity index (χ0v) is 12.8. The van der Waals surface area contributed by atoms with Crippen molar-refractivity contribution in [2.75, 3.05) is 20.1 Å². The van der Waals surface area contributed by atoms with Crippen LogP contribution in [-0.2, 0) is 22.3 Å². The summed E-state index contributed by atoms with van der Waals surface area (Å²) in [6, 6.07) is 6.74. The molecule has 1 aromatic rings. The molecule has 8 heteroatoms. The Morgan fingerprint density at radius 3 is 2.10 bits per heavy atom. The smallest absolute Gasteiger partial charge is 0.316 e. The van der Waals surface area contributed by atoms with Gasteiger partial charge in [0.2, 0.25) is 10.0 Å². The molecule has 0 aromatic heterocycles. The number of nitrogens with zero attached hydrogens (tertiary/aromatic N) is 1. The lowest BCUT2D eigenvalue weighted by Gasteiger charge is -2.21. The van der Waals surface area contributed by atoms with Crippen LogP contribution in [-0.4, -0.2) is 39.0 Å². The largest absolute Gasteiger partial charge is 0.402 e. The molecule has 0 heterocycles. The summed E-state index contributed by atoms with van der Waals surface area (Å²) in [4.78, 5) is 0.